The summed E-state index contributed by atoms with van der Waals surface area (Å²) in [5, 5.41) is 0. The molecule has 0 aromatic carbocycles. The van der Waals surface area contributed by atoms with Crippen molar-refractivity contribution in [1.29, 1.82) is 0 Å². The quantitative estimate of drug-likeness (QED) is 0.573. The first-order chi connectivity index (χ1) is 11.7. The van der Waals surface area contributed by atoms with Crippen molar-refractivity contribution in [2.45, 2.75) is 35.1 Å². The minimum Gasteiger partial charge on any atom is -0.412 e. The van der Waals surface area contributed by atoms with Crippen molar-refractivity contribution in [1.82, 2.24) is 6.15 Å². The van der Waals surface area contributed by atoms with Gasteiger partial charge in [0.05, 0.1) is 0 Å². The van der Waals surface area contributed by atoms with Gasteiger partial charge >= 0.3 is 0 Å². The van der Waals surface area contributed by atoms with Gasteiger partial charge in [-0.25, -0.2) is 0 Å². The van der Waals surface area contributed by atoms with Crippen LogP contribution < -0.4 is 6.15 Å². The molecule has 0 heterocycles. The van der Waals surface area contributed by atoms with Gasteiger partial charge in [0, 0.05) is 26.2 Å². The van der Waals surface area contributed by atoms with Crippen LogP contribution in [0, 0.1) is 119 Å². The van der Waals surface area contributed by atoms with E-state index in [1.54, 1.807) is 13.8 Å². The van der Waals surface area contributed by atoms with Crippen LogP contribution in [0.1, 0.15) is 35.1 Å². The Morgan fingerprint density at radius 1 is 0.464 bits per heavy atom. The van der Waals surface area contributed by atoms with Gasteiger partial charge in [0.25, 0.3) is 0 Å². The topological polar surface area (TPSA) is 66.5 Å². The molecule has 0 unspecified atom stereocenters. The molecule has 3 heteroatoms. The second-order valence-corrected chi connectivity index (χ2v) is 2.81. The Bertz CT molecular complexity index is 953. The van der Waals surface area contributed by atoms with Crippen molar-refractivity contribution in [3.05, 3.63) is 0 Å². The third kappa shape index (κ3) is 78.9. The van der Waals surface area contributed by atoms with Crippen molar-refractivity contribution < 1.29 is 31.7 Å². The zero-order valence-corrected chi connectivity index (χ0v) is 18.3. The Morgan fingerprint density at radius 2 is 0.679 bits per heavy atom. The maximum absolute atomic E-state index is 4.88. The van der Waals surface area contributed by atoms with Crippen molar-refractivity contribution in [3.63, 3.8) is 0 Å². The molecule has 0 spiro atoms. The second kappa shape index (κ2) is 56.6. The molecule has 5 N–H and O–H groups in total. The molecule has 0 bridgehead atoms. The molecule has 0 atom stereocenters. The van der Waals surface area contributed by atoms with E-state index in [0.717, 1.165) is 0 Å². The van der Waals surface area contributed by atoms with E-state index in [9.17, 15) is 0 Å². The molecule has 0 aromatic heterocycles. The smallest absolute Gasteiger partial charge is 0 e. The standard InChI is InChI=1S/C17H4.C4H6.C3H4.CH4.H3N.H2O.Zr/c1-3-5-7-9-11-13-15-17-16-14-12-10-8-6-4-2;1-3-4-2;1-3-2;;;;/h1H,2H3;1-2H3;1H,2H3;1H4;1H3;1H2;. The Hall–Kier alpha value is -3.60. The third-order valence-corrected chi connectivity index (χ3v) is 1.20. The predicted octanol–water partition coefficient (Wildman–Crippen LogP) is 2.30. The van der Waals surface area contributed by atoms with Crippen LogP contribution in [0.15, 0.2) is 0 Å². The van der Waals surface area contributed by atoms with Crippen LogP contribution in [0.3, 0.4) is 0 Å². The minimum absolute atomic E-state index is 0. The molecular formula is C25H23NOZr. The minimum atomic E-state index is 0. The van der Waals surface area contributed by atoms with Crippen LogP contribution in [0.25, 0.3) is 0 Å². The van der Waals surface area contributed by atoms with Crippen molar-refractivity contribution in [2.24, 2.45) is 0 Å². The van der Waals surface area contributed by atoms with Crippen LogP contribution in [0.5, 0.6) is 0 Å². The molecule has 0 aliphatic heterocycles. The van der Waals surface area contributed by atoms with Gasteiger partial charge in [0.1, 0.15) is 0 Å². The molecule has 0 amide bonds. The Kier molecular flexibility index (Phi) is 89.2. The largest absolute Gasteiger partial charge is 0.412 e. The summed E-state index contributed by atoms with van der Waals surface area (Å²) < 4.78 is 0. The molecule has 0 aliphatic rings. The van der Waals surface area contributed by atoms with Crippen molar-refractivity contribution in [3.8, 4) is 119 Å². The summed E-state index contributed by atoms with van der Waals surface area (Å²) >= 11 is 0. The molecule has 0 saturated carbocycles. The second-order valence-electron chi connectivity index (χ2n) is 2.81. The van der Waals surface area contributed by atoms with E-state index in [1.165, 1.54) is 0 Å². The Labute approximate surface area is 191 Å². The maximum atomic E-state index is 4.88. The SMILES string of the molecule is C.C#CC.C#CC#CC#CC#CC#CC#CC#CC#CC.CC#CC.N.O.[Zr]. The monoisotopic (exact) mass is 443 g/mol. The molecule has 0 aromatic rings. The fourth-order valence-corrected chi connectivity index (χ4v) is 0.442. The van der Waals surface area contributed by atoms with E-state index in [1.807, 2.05) is 13.8 Å². The number of hydrogen-bond donors (Lipinski definition) is 1. The molecule has 0 fully saturated rings. The van der Waals surface area contributed by atoms with Crippen molar-refractivity contribution in [2.75, 3.05) is 0 Å². The fraction of sp³-hybridized carbons (Fsp3) is 0.200. The van der Waals surface area contributed by atoms with Crippen LogP contribution in [0.2, 0.25) is 0 Å². The van der Waals surface area contributed by atoms with E-state index >= 15 is 0 Å². The van der Waals surface area contributed by atoms with Gasteiger partial charge in [0.2, 0.25) is 0 Å². The van der Waals surface area contributed by atoms with E-state index in [4.69, 9.17) is 6.42 Å². The molecule has 0 aliphatic carbocycles. The molecule has 28 heavy (non-hydrogen) atoms. The van der Waals surface area contributed by atoms with Gasteiger partial charge in [-0.1, -0.05) is 13.3 Å². The summed E-state index contributed by atoms with van der Waals surface area (Å²) in [6.45, 7) is 6.99. The van der Waals surface area contributed by atoms with Crippen LogP contribution >= 0.6 is 0 Å². The summed E-state index contributed by atoms with van der Waals surface area (Å²) in [6.07, 6.45) is 9.48. The zero-order chi connectivity index (χ0) is 18.7. The summed E-state index contributed by atoms with van der Waals surface area (Å²) in [6, 6.07) is 0. The van der Waals surface area contributed by atoms with Crippen LogP contribution in [-0.2, 0) is 26.2 Å². The first kappa shape index (κ1) is 44.1. The summed E-state index contributed by atoms with van der Waals surface area (Å²) in [5.74, 6) is 44.5. The van der Waals surface area contributed by atoms with Gasteiger partial charge in [-0.2, -0.15) is 0 Å². The maximum Gasteiger partial charge on any atom is 0 e. The van der Waals surface area contributed by atoms with E-state index in [-0.39, 0.29) is 45.3 Å². The summed E-state index contributed by atoms with van der Waals surface area (Å²) in [4.78, 5) is 0. The average Bonchev–Trinajstić information content (AvgIpc) is 2.60. The van der Waals surface area contributed by atoms with Gasteiger partial charge in [0.15, 0.2) is 0 Å². The first-order valence-corrected chi connectivity index (χ1v) is 6.33. The normalized spacial score (nSPS) is 3.07. The summed E-state index contributed by atoms with van der Waals surface area (Å²) in [7, 11) is 0. The zero-order valence-electron chi connectivity index (χ0n) is 15.9. The van der Waals surface area contributed by atoms with Gasteiger partial charge in [-0.15, -0.1) is 30.6 Å². The van der Waals surface area contributed by atoms with Gasteiger partial charge in [-0.3, -0.25) is 0 Å². The van der Waals surface area contributed by atoms with Crippen LogP contribution in [-0.4, -0.2) is 5.48 Å². The first-order valence-electron chi connectivity index (χ1n) is 6.33. The molecule has 0 saturated heterocycles. The molecule has 2 nitrogen and oxygen atoms in total. The van der Waals surface area contributed by atoms with E-state index in [0.29, 0.717) is 0 Å². The van der Waals surface area contributed by atoms with Gasteiger partial charge < -0.3 is 11.6 Å². The average molecular weight is 445 g/mol. The van der Waals surface area contributed by atoms with E-state index in [2.05, 4.69) is 113 Å². The molecular weight excluding hydrogens is 422 g/mol. The molecule has 0 radical (unpaired) electrons. The van der Waals surface area contributed by atoms with Gasteiger partial charge in [-0.05, 0) is 111 Å². The number of terminal acetylenes is 2. The Morgan fingerprint density at radius 3 is 0.857 bits per heavy atom. The van der Waals surface area contributed by atoms with E-state index < -0.39 is 0 Å². The predicted molar refractivity (Wildman–Crippen MR) is 118 cm³/mol. The summed E-state index contributed by atoms with van der Waals surface area (Å²) in [5.41, 5.74) is 0. The number of hydrogen-bond acceptors (Lipinski definition) is 1. The third-order valence-electron chi connectivity index (χ3n) is 1.20. The molecule has 0 rings (SSSR count). The fourth-order valence-electron chi connectivity index (χ4n) is 0.442. The van der Waals surface area contributed by atoms with Crippen LogP contribution in [0.4, 0.5) is 0 Å². The molecule has 138 valence electrons. The Balaban J connectivity index is -0.0000000697. The number of rotatable bonds is 0. The van der Waals surface area contributed by atoms with Crippen molar-refractivity contribution >= 4 is 0 Å².